The van der Waals surface area contributed by atoms with Gasteiger partial charge in [-0.05, 0) is 30.4 Å². The summed E-state index contributed by atoms with van der Waals surface area (Å²) in [4.78, 5) is 0. The van der Waals surface area contributed by atoms with Crippen LogP contribution in [0.3, 0.4) is 0 Å². The molecule has 0 bridgehead atoms. The van der Waals surface area contributed by atoms with E-state index in [0.717, 1.165) is 5.69 Å². The minimum Gasteiger partial charge on any atom is -0.362 e. The molecule has 0 radical (unpaired) electrons. The molecule has 8 heteroatoms. The second kappa shape index (κ2) is 6.90. The highest BCUT2D eigenvalue weighted by atomic mass is 35.5. The normalized spacial score (nSPS) is 10.3. The maximum atomic E-state index is 6.05. The van der Waals surface area contributed by atoms with Crippen molar-refractivity contribution >= 4 is 51.9 Å². The van der Waals surface area contributed by atoms with Gasteiger partial charge in [0, 0.05) is 12.1 Å². The molecule has 0 saturated heterocycles. The van der Waals surface area contributed by atoms with Crippen molar-refractivity contribution in [3.05, 3.63) is 40.6 Å². The summed E-state index contributed by atoms with van der Waals surface area (Å²) < 4.78 is 6.60. The van der Waals surface area contributed by atoms with Crippen molar-refractivity contribution in [2.45, 2.75) is 6.73 Å². The van der Waals surface area contributed by atoms with E-state index in [0.29, 0.717) is 27.6 Å². The van der Waals surface area contributed by atoms with E-state index in [-0.39, 0.29) is 0 Å². The summed E-state index contributed by atoms with van der Waals surface area (Å²) in [5, 5.41) is 11.6. The number of hydrogen-bond donors (Lipinski definition) is 2. The van der Waals surface area contributed by atoms with Gasteiger partial charge >= 0.3 is 0 Å². The largest absolute Gasteiger partial charge is 0.362 e. The van der Waals surface area contributed by atoms with Gasteiger partial charge in [-0.25, -0.2) is 4.68 Å². The average Bonchev–Trinajstić information content (AvgIpc) is 2.81. The Morgan fingerprint density at radius 1 is 1.40 bits per heavy atom. The minimum absolute atomic E-state index is 0.377. The monoisotopic (exact) mass is 330 g/mol. The van der Waals surface area contributed by atoms with Crippen LogP contribution in [0.4, 0.5) is 11.4 Å². The molecule has 5 nitrogen and oxygen atoms in total. The third-order valence-corrected chi connectivity index (χ3v) is 3.10. The summed E-state index contributed by atoms with van der Waals surface area (Å²) in [6, 6.07) is 5.11. The molecule has 2 N–H and O–H groups in total. The van der Waals surface area contributed by atoms with Crippen LogP contribution >= 0.6 is 35.4 Å². The van der Waals surface area contributed by atoms with Crippen molar-refractivity contribution in [2.24, 2.45) is 0 Å². The zero-order chi connectivity index (χ0) is 14.5. The van der Waals surface area contributed by atoms with Gasteiger partial charge in [0.15, 0.2) is 5.11 Å². The number of nitrogens with one attached hydrogen (secondary N) is 2. The molecule has 106 valence electrons. The number of aromatic nitrogens is 2. The lowest BCUT2D eigenvalue weighted by atomic mass is 10.3. The Labute approximate surface area is 131 Å². The lowest BCUT2D eigenvalue weighted by Crippen LogP contribution is -2.19. The topological polar surface area (TPSA) is 51.1 Å². The van der Waals surface area contributed by atoms with E-state index in [1.54, 1.807) is 42.4 Å². The SMILES string of the molecule is COCn1cc(NC(=S)Nc2cc(Cl)ccc2Cl)cn1. The highest BCUT2D eigenvalue weighted by molar-refractivity contribution is 7.80. The van der Waals surface area contributed by atoms with Gasteiger partial charge in [0.05, 0.1) is 28.8 Å². The number of ether oxygens (including phenoxy) is 1. The summed E-state index contributed by atoms with van der Waals surface area (Å²) in [7, 11) is 1.60. The summed E-state index contributed by atoms with van der Waals surface area (Å²) in [5.41, 5.74) is 1.39. The van der Waals surface area contributed by atoms with E-state index in [1.807, 2.05) is 0 Å². The van der Waals surface area contributed by atoms with Crippen LogP contribution in [0.2, 0.25) is 10.0 Å². The second-order valence-corrected chi connectivity index (χ2v) is 5.14. The summed E-state index contributed by atoms with van der Waals surface area (Å²) >= 11 is 17.2. The van der Waals surface area contributed by atoms with Gasteiger partial charge in [0.25, 0.3) is 0 Å². The van der Waals surface area contributed by atoms with Gasteiger partial charge in [0.1, 0.15) is 6.73 Å². The maximum absolute atomic E-state index is 6.05. The zero-order valence-corrected chi connectivity index (χ0v) is 12.9. The maximum Gasteiger partial charge on any atom is 0.175 e. The fraction of sp³-hybridized carbons (Fsp3) is 0.167. The molecule has 20 heavy (non-hydrogen) atoms. The Morgan fingerprint density at radius 3 is 2.95 bits per heavy atom. The lowest BCUT2D eigenvalue weighted by molar-refractivity contribution is 0.120. The number of anilines is 2. The summed E-state index contributed by atoms with van der Waals surface area (Å²) in [6.07, 6.45) is 3.42. The molecule has 2 rings (SSSR count). The molecule has 0 aliphatic carbocycles. The van der Waals surface area contributed by atoms with E-state index in [1.165, 1.54) is 0 Å². The third-order valence-electron chi connectivity index (χ3n) is 2.33. The van der Waals surface area contributed by atoms with E-state index in [4.69, 9.17) is 40.2 Å². The van der Waals surface area contributed by atoms with Crippen molar-refractivity contribution in [2.75, 3.05) is 17.7 Å². The number of benzene rings is 1. The van der Waals surface area contributed by atoms with Gasteiger partial charge in [0.2, 0.25) is 0 Å². The van der Waals surface area contributed by atoms with Crippen molar-refractivity contribution < 1.29 is 4.74 Å². The second-order valence-electron chi connectivity index (χ2n) is 3.89. The molecule has 1 aromatic carbocycles. The van der Waals surface area contributed by atoms with Crippen LogP contribution in [0.15, 0.2) is 30.6 Å². The fourth-order valence-electron chi connectivity index (χ4n) is 1.51. The van der Waals surface area contributed by atoms with Crippen LogP contribution in [0.1, 0.15) is 0 Å². The first-order valence-corrected chi connectivity index (χ1v) is 6.79. The first kappa shape index (κ1) is 15.1. The van der Waals surface area contributed by atoms with E-state index < -0.39 is 0 Å². The predicted octanol–water partition coefficient (Wildman–Crippen LogP) is 3.60. The Balaban J connectivity index is 1.99. The molecule has 0 unspecified atom stereocenters. The lowest BCUT2D eigenvalue weighted by Gasteiger charge is -2.10. The Hall–Kier alpha value is -1.34. The molecular formula is C12H12Cl2N4OS. The van der Waals surface area contributed by atoms with Crippen LogP contribution in [-0.2, 0) is 11.5 Å². The molecule has 0 aliphatic heterocycles. The number of nitrogens with zero attached hydrogens (tertiary/aromatic N) is 2. The van der Waals surface area contributed by atoms with Crippen LogP contribution in [0.25, 0.3) is 0 Å². The summed E-state index contributed by atoms with van der Waals surface area (Å²) in [5.74, 6) is 0. The smallest absolute Gasteiger partial charge is 0.175 e. The van der Waals surface area contributed by atoms with Crippen LogP contribution in [-0.4, -0.2) is 22.0 Å². The molecule has 0 aliphatic rings. The number of hydrogen-bond acceptors (Lipinski definition) is 3. The number of halogens is 2. The molecular weight excluding hydrogens is 319 g/mol. The number of rotatable bonds is 4. The van der Waals surface area contributed by atoms with Gasteiger partial charge in [-0.1, -0.05) is 23.2 Å². The number of methoxy groups -OCH3 is 1. The highest BCUT2D eigenvalue weighted by Crippen LogP contribution is 2.25. The molecule has 0 amide bonds. The van der Waals surface area contributed by atoms with Crippen molar-refractivity contribution in [3.63, 3.8) is 0 Å². The highest BCUT2D eigenvalue weighted by Gasteiger charge is 2.05. The third kappa shape index (κ3) is 4.08. The van der Waals surface area contributed by atoms with Gasteiger partial charge in [-0.3, -0.25) is 0 Å². The zero-order valence-electron chi connectivity index (χ0n) is 10.6. The Morgan fingerprint density at radius 2 is 2.20 bits per heavy atom. The van der Waals surface area contributed by atoms with Crippen LogP contribution < -0.4 is 10.6 Å². The standard InChI is InChI=1S/C12H12Cl2N4OS/c1-19-7-18-6-9(5-15-18)16-12(20)17-11-4-8(13)2-3-10(11)14/h2-6H,7H2,1H3,(H2,16,17,20). The Kier molecular flexibility index (Phi) is 5.19. The van der Waals surface area contributed by atoms with E-state index >= 15 is 0 Å². The molecule has 1 heterocycles. The Bertz CT molecular complexity index is 617. The molecule has 0 atom stereocenters. The van der Waals surface area contributed by atoms with Crippen molar-refractivity contribution in [3.8, 4) is 0 Å². The fourth-order valence-corrected chi connectivity index (χ4v) is 2.07. The molecule has 0 fully saturated rings. The van der Waals surface area contributed by atoms with Gasteiger partial charge < -0.3 is 15.4 Å². The van der Waals surface area contributed by atoms with Crippen LogP contribution in [0.5, 0.6) is 0 Å². The van der Waals surface area contributed by atoms with E-state index in [2.05, 4.69) is 15.7 Å². The first-order valence-electron chi connectivity index (χ1n) is 5.63. The quantitative estimate of drug-likeness (QED) is 0.839. The molecule has 0 saturated carbocycles. The van der Waals surface area contributed by atoms with Crippen LogP contribution in [0, 0.1) is 0 Å². The molecule has 0 spiro atoms. The first-order chi connectivity index (χ1) is 9.58. The number of thiocarbonyl (C=S) groups is 1. The molecule has 1 aromatic heterocycles. The predicted molar refractivity (Wildman–Crippen MR) is 85.5 cm³/mol. The molecule has 2 aromatic rings. The minimum atomic E-state index is 0.377. The van der Waals surface area contributed by atoms with Gasteiger partial charge in [-0.15, -0.1) is 0 Å². The van der Waals surface area contributed by atoms with Crippen molar-refractivity contribution in [1.29, 1.82) is 0 Å². The van der Waals surface area contributed by atoms with Crippen molar-refractivity contribution in [1.82, 2.24) is 9.78 Å². The average molecular weight is 331 g/mol. The summed E-state index contributed by atoms with van der Waals surface area (Å²) in [6.45, 7) is 0.377. The van der Waals surface area contributed by atoms with Gasteiger partial charge in [-0.2, -0.15) is 5.10 Å². The van der Waals surface area contributed by atoms with E-state index in [9.17, 15) is 0 Å².